The lowest BCUT2D eigenvalue weighted by Gasteiger charge is -2.08. The zero-order valence-corrected chi connectivity index (χ0v) is 14.2. The first-order chi connectivity index (χ1) is 12.1. The molecule has 132 valence electrons. The number of nitrogens with one attached hydrogen (secondary N) is 2. The second-order valence-corrected chi connectivity index (χ2v) is 5.60. The van der Waals surface area contributed by atoms with Crippen molar-refractivity contribution >= 4 is 17.5 Å². The smallest absolute Gasteiger partial charge is 0.239 e. The minimum atomic E-state index is -0.233. The lowest BCUT2D eigenvalue weighted by atomic mass is 10.1. The lowest BCUT2D eigenvalue weighted by molar-refractivity contribution is -0.126. The number of methoxy groups -OCH3 is 1. The number of aryl methyl sites for hydroxylation is 1. The van der Waals surface area contributed by atoms with Crippen LogP contribution in [0.15, 0.2) is 48.5 Å². The molecule has 0 radical (unpaired) electrons. The van der Waals surface area contributed by atoms with Gasteiger partial charge in [0.15, 0.2) is 0 Å². The van der Waals surface area contributed by atoms with Gasteiger partial charge in [-0.3, -0.25) is 9.59 Å². The summed E-state index contributed by atoms with van der Waals surface area (Å²) in [5.41, 5.74) is 8.40. The fourth-order valence-electron chi connectivity index (χ4n) is 2.28. The van der Waals surface area contributed by atoms with E-state index in [1.807, 2.05) is 42.5 Å². The summed E-state index contributed by atoms with van der Waals surface area (Å²) in [7, 11) is 1.60. The maximum Gasteiger partial charge on any atom is 0.239 e. The SMILES string of the molecule is COc1ccc(CNC(=O)CNC(=O)CCc2ccccc2N)cc1. The first-order valence-electron chi connectivity index (χ1n) is 8.08. The molecule has 0 spiro atoms. The summed E-state index contributed by atoms with van der Waals surface area (Å²) in [5, 5.41) is 5.38. The van der Waals surface area contributed by atoms with Crippen molar-refractivity contribution in [3.05, 3.63) is 59.7 Å². The molecule has 0 aromatic heterocycles. The summed E-state index contributed by atoms with van der Waals surface area (Å²) >= 11 is 0. The zero-order chi connectivity index (χ0) is 18.1. The van der Waals surface area contributed by atoms with Crippen molar-refractivity contribution in [2.24, 2.45) is 0 Å². The van der Waals surface area contributed by atoms with Gasteiger partial charge in [0.25, 0.3) is 0 Å². The number of carbonyl (C=O) groups excluding carboxylic acids is 2. The third-order valence-corrected chi connectivity index (χ3v) is 3.77. The van der Waals surface area contributed by atoms with E-state index in [1.165, 1.54) is 0 Å². The van der Waals surface area contributed by atoms with E-state index in [4.69, 9.17) is 10.5 Å². The van der Waals surface area contributed by atoms with Gasteiger partial charge in [-0.05, 0) is 35.7 Å². The summed E-state index contributed by atoms with van der Waals surface area (Å²) in [6.45, 7) is 0.360. The zero-order valence-electron chi connectivity index (χ0n) is 14.2. The van der Waals surface area contributed by atoms with E-state index in [1.54, 1.807) is 13.2 Å². The first kappa shape index (κ1) is 18.3. The Bertz CT molecular complexity index is 714. The van der Waals surface area contributed by atoms with Gasteiger partial charge in [-0.25, -0.2) is 0 Å². The van der Waals surface area contributed by atoms with E-state index in [0.29, 0.717) is 25.1 Å². The Hall–Kier alpha value is -3.02. The van der Waals surface area contributed by atoms with Gasteiger partial charge in [0.05, 0.1) is 13.7 Å². The van der Waals surface area contributed by atoms with Crippen LogP contribution in [0.25, 0.3) is 0 Å². The molecule has 0 saturated heterocycles. The summed E-state index contributed by atoms with van der Waals surface area (Å²) in [5.74, 6) is 0.354. The van der Waals surface area contributed by atoms with Crippen LogP contribution in [0.4, 0.5) is 5.69 Å². The molecule has 2 aromatic rings. The molecule has 0 aliphatic heterocycles. The predicted molar refractivity (Wildman–Crippen MR) is 97.0 cm³/mol. The number of hydrogen-bond acceptors (Lipinski definition) is 4. The molecule has 0 unspecified atom stereocenters. The Morgan fingerprint density at radius 1 is 1.00 bits per heavy atom. The van der Waals surface area contributed by atoms with Crippen molar-refractivity contribution in [1.29, 1.82) is 0 Å². The van der Waals surface area contributed by atoms with Crippen LogP contribution in [0, 0.1) is 0 Å². The van der Waals surface area contributed by atoms with E-state index in [2.05, 4.69) is 10.6 Å². The second kappa shape index (κ2) is 9.32. The third kappa shape index (κ3) is 6.18. The van der Waals surface area contributed by atoms with Gasteiger partial charge in [0, 0.05) is 18.7 Å². The normalized spacial score (nSPS) is 10.1. The molecular weight excluding hydrogens is 318 g/mol. The summed E-state index contributed by atoms with van der Waals surface area (Å²) in [6.07, 6.45) is 0.839. The Balaban J connectivity index is 1.66. The maximum atomic E-state index is 11.8. The van der Waals surface area contributed by atoms with Gasteiger partial charge >= 0.3 is 0 Å². The van der Waals surface area contributed by atoms with Gasteiger partial charge < -0.3 is 21.1 Å². The lowest BCUT2D eigenvalue weighted by Crippen LogP contribution is -2.36. The molecule has 6 nitrogen and oxygen atoms in total. The molecule has 4 N–H and O–H groups in total. The highest BCUT2D eigenvalue weighted by molar-refractivity contribution is 5.84. The fourth-order valence-corrected chi connectivity index (χ4v) is 2.28. The molecular formula is C19H23N3O3. The molecule has 0 bridgehead atoms. The molecule has 25 heavy (non-hydrogen) atoms. The number of hydrogen-bond donors (Lipinski definition) is 3. The van der Waals surface area contributed by atoms with Crippen LogP contribution in [0.3, 0.4) is 0 Å². The quantitative estimate of drug-likeness (QED) is 0.636. The van der Waals surface area contributed by atoms with E-state index in [9.17, 15) is 9.59 Å². The van der Waals surface area contributed by atoms with Gasteiger partial charge in [-0.2, -0.15) is 0 Å². The number of nitrogens with two attached hydrogens (primary N) is 1. The second-order valence-electron chi connectivity index (χ2n) is 5.60. The van der Waals surface area contributed by atoms with Crippen molar-refractivity contribution < 1.29 is 14.3 Å². The van der Waals surface area contributed by atoms with Gasteiger partial charge in [-0.15, -0.1) is 0 Å². The molecule has 6 heteroatoms. The highest BCUT2D eigenvalue weighted by Crippen LogP contribution is 2.12. The van der Waals surface area contributed by atoms with E-state index < -0.39 is 0 Å². The first-order valence-corrected chi connectivity index (χ1v) is 8.08. The van der Waals surface area contributed by atoms with Crippen molar-refractivity contribution in [3.63, 3.8) is 0 Å². The number of para-hydroxylation sites is 1. The number of anilines is 1. The van der Waals surface area contributed by atoms with Crippen molar-refractivity contribution in [3.8, 4) is 5.75 Å². The number of rotatable bonds is 8. The van der Waals surface area contributed by atoms with E-state index >= 15 is 0 Å². The number of amides is 2. The molecule has 0 atom stereocenters. The number of benzene rings is 2. The summed E-state index contributed by atoms with van der Waals surface area (Å²) in [6, 6.07) is 14.9. The molecule has 2 aromatic carbocycles. The Morgan fingerprint density at radius 2 is 1.72 bits per heavy atom. The molecule has 0 saturated carbocycles. The van der Waals surface area contributed by atoms with E-state index in [0.717, 1.165) is 16.9 Å². The van der Waals surface area contributed by atoms with Gasteiger partial charge in [0.2, 0.25) is 11.8 Å². The molecule has 0 aliphatic rings. The Morgan fingerprint density at radius 3 is 2.40 bits per heavy atom. The van der Waals surface area contributed by atoms with Crippen LogP contribution in [-0.2, 0) is 22.6 Å². The highest BCUT2D eigenvalue weighted by atomic mass is 16.5. The number of nitrogen functional groups attached to an aromatic ring is 1. The van der Waals surface area contributed by atoms with Gasteiger partial charge in [0.1, 0.15) is 5.75 Å². The standard InChI is InChI=1S/C19H23N3O3/c1-25-16-9-6-14(7-10-16)12-21-19(24)13-22-18(23)11-8-15-4-2-3-5-17(15)20/h2-7,9-10H,8,11-13,20H2,1H3,(H,21,24)(H,22,23). The average Bonchev–Trinajstić information content (AvgIpc) is 2.64. The van der Waals surface area contributed by atoms with Crippen LogP contribution >= 0.6 is 0 Å². The predicted octanol–water partition coefficient (Wildman–Crippen LogP) is 1.64. The van der Waals surface area contributed by atoms with Crippen LogP contribution in [-0.4, -0.2) is 25.5 Å². The highest BCUT2D eigenvalue weighted by Gasteiger charge is 2.07. The van der Waals surface area contributed by atoms with Gasteiger partial charge in [-0.1, -0.05) is 30.3 Å². The largest absolute Gasteiger partial charge is 0.497 e. The minimum Gasteiger partial charge on any atom is -0.497 e. The van der Waals surface area contributed by atoms with E-state index in [-0.39, 0.29) is 18.4 Å². The number of carbonyl (C=O) groups is 2. The average molecular weight is 341 g/mol. The topological polar surface area (TPSA) is 93.5 Å². The number of ether oxygens (including phenoxy) is 1. The Labute approximate surface area is 147 Å². The third-order valence-electron chi connectivity index (χ3n) is 3.77. The minimum absolute atomic E-state index is 0.0424. The monoisotopic (exact) mass is 341 g/mol. The Kier molecular flexibility index (Phi) is 6.83. The molecule has 0 aliphatic carbocycles. The molecule has 0 heterocycles. The van der Waals surface area contributed by atoms with Crippen molar-refractivity contribution in [1.82, 2.24) is 10.6 Å². The van der Waals surface area contributed by atoms with Crippen LogP contribution < -0.4 is 21.1 Å². The maximum absolute atomic E-state index is 11.8. The molecule has 2 amide bonds. The fraction of sp³-hybridized carbons (Fsp3) is 0.263. The van der Waals surface area contributed by atoms with Crippen LogP contribution in [0.1, 0.15) is 17.5 Å². The summed E-state index contributed by atoms with van der Waals surface area (Å²) < 4.78 is 5.08. The molecule has 0 fully saturated rings. The summed E-state index contributed by atoms with van der Waals surface area (Å²) in [4.78, 5) is 23.6. The van der Waals surface area contributed by atoms with Crippen molar-refractivity contribution in [2.45, 2.75) is 19.4 Å². The van der Waals surface area contributed by atoms with Crippen LogP contribution in [0.2, 0.25) is 0 Å². The van der Waals surface area contributed by atoms with Crippen LogP contribution in [0.5, 0.6) is 5.75 Å². The van der Waals surface area contributed by atoms with Crippen molar-refractivity contribution in [2.75, 3.05) is 19.4 Å². The molecule has 2 rings (SSSR count).